The highest BCUT2D eigenvalue weighted by Crippen LogP contribution is 2.26. The molecule has 0 amide bonds. The Balaban J connectivity index is 2.04. The minimum atomic E-state index is 0.0441. The van der Waals surface area contributed by atoms with Crippen LogP contribution in [-0.2, 0) is 11.3 Å². The van der Waals surface area contributed by atoms with Crippen LogP contribution in [0.1, 0.15) is 18.9 Å². The Morgan fingerprint density at radius 1 is 1.38 bits per heavy atom. The van der Waals surface area contributed by atoms with Crippen LogP contribution in [0.4, 0.5) is 0 Å². The molecule has 1 unspecified atom stereocenters. The van der Waals surface area contributed by atoms with E-state index in [1.165, 1.54) is 0 Å². The van der Waals surface area contributed by atoms with Gasteiger partial charge in [-0.05, 0) is 25.5 Å². The van der Waals surface area contributed by atoms with Crippen molar-refractivity contribution >= 4 is 23.2 Å². The first-order chi connectivity index (χ1) is 7.61. The van der Waals surface area contributed by atoms with E-state index in [0.717, 1.165) is 25.2 Å². The molecule has 0 radical (unpaired) electrons. The van der Waals surface area contributed by atoms with Crippen molar-refractivity contribution in [1.29, 1.82) is 0 Å². The second-order valence-electron chi connectivity index (χ2n) is 4.42. The Morgan fingerprint density at radius 3 is 2.62 bits per heavy atom. The minimum Gasteiger partial charge on any atom is -0.379 e. The van der Waals surface area contributed by atoms with E-state index in [0.29, 0.717) is 16.6 Å². The van der Waals surface area contributed by atoms with E-state index >= 15 is 0 Å². The third kappa shape index (κ3) is 2.69. The monoisotopic (exact) mass is 259 g/mol. The molecule has 0 aromatic heterocycles. The van der Waals surface area contributed by atoms with E-state index in [1.807, 2.05) is 18.2 Å². The fourth-order valence-corrected chi connectivity index (χ4v) is 2.34. The summed E-state index contributed by atoms with van der Waals surface area (Å²) < 4.78 is 5.38. The zero-order chi connectivity index (χ0) is 11.6. The zero-order valence-electron chi connectivity index (χ0n) is 9.22. The molecule has 0 spiro atoms. The molecule has 0 bridgehead atoms. The number of hydrogen-bond acceptors (Lipinski definition) is 2. The van der Waals surface area contributed by atoms with Crippen molar-refractivity contribution in [2.75, 3.05) is 13.2 Å². The number of nitrogens with one attached hydrogen (secondary N) is 1. The van der Waals surface area contributed by atoms with Crippen molar-refractivity contribution in [3.63, 3.8) is 0 Å². The Kier molecular flexibility index (Phi) is 3.75. The van der Waals surface area contributed by atoms with Crippen molar-refractivity contribution in [2.45, 2.75) is 25.4 Å². The number of benzene rings is 1. The molecule has 1 aliphatic rings. The fraction of sp³-hybridized carbons (Fsp3) is 0.500. The minimum absolute atomic E-state index is 0.0441. The maximum Gasteiger partial charge on any atom is 0.0646 e. The van der Waals surface area contributed by atoms with Gasteiger partial charge in [-0.1, -0.05) is 29.3 Å². The highest BCUT2D eigenvalue weighted by molar-refractivity contribution is 6.35. The van der Waals surface area contributed by atoms with Crippen LogP contribution in [0.15, 0.2) is 18.2 Å². The normalized spacial score (nSPS) is 24.9. The summed E-state index contributed by atoms with van der Waals surface area (Å²) in [7, 11) is 0. The molecule has 1 aliphatic heterocycles. The molecule has 2 nitrogen and oxygen atoms in total. The molecule has 2 rings (SSSR count). The van der Waals surface area contributed by atoms with Gasteiger partial charge in [0.2, 0.25) is 0 Å². The van der Waals surface area contributed by atoms with E-state index in [2.05, 4.69) is 12.2 Å². The van der Waals surface area contributed by atoms with E-state index in [4.69, 9.17) is 27.9 Å². The van der Waals surface area contributed by atoms with Gasteiger partial charge in [-0.15, -0.1) is 0 Å². The van der Waals surface area contributed by atoms with E-state index in [-0.39, 0.29) is 5.54 Å². The van der Waals surface area contributed by atoms with Crippen molar-refractivity contribution in [1.82, 2.24) is 5.32 Å². The number of ether oxygens (including phenoxy) is 1. The van der Waals surface area contributed by atoms with Crippen molar-refractivity contribution in [2.24, 2.45) is 0 Å². The van der Waals surface area contributed by atoms with E-state index in [1.54, 1.807) is 0 Å². The molecule has 16 heavy (non-hydrogen) atoms. The van der Waals surface area contributed by atoms with Crippen LogP contribution >= 0.6 is 23.2 Å². The molecule has 0 saturated carbocycles. The van der Waals surface area contributed by atoms with E-state index in [9.17, 15) is 0 Å². The lowest BCUT2D eigenvalue weighted by Crippen LogP contribution is -2.42. The summed E-state index contributed by atoms with van der Waals surface area (Å²) in [6.07, 6.45) is 1.02. The first kappa shape index (κ1) is 12.2. The predicted molar refractivity (Wildman–Crippen MR) is 67.1 cm³/mol. The third-order valence-corrected chi connectivity index (χ3v) is 3.68. The van der Waals surface area contributed by atoms with Gasteiger partial charge in [0.15, 0.2) is 0 Å². The van der Waals surface area contributed by atoms with Crippen LogP contribution in [0.5, 0.6) is 0 Å². The van der Waals surface area contributed by atoms with Gasteiger partial charge >= 0.3 is 0 Å². The van der Waals surface area contributed by atoms with Gasteiger partial charge in [0, 0.05) is 34.3 Å². The summed E-state index contributed by atoms with van der Waals surface area (Å²) in [6.45, 7) is 4.40. The van der Waals surface area contributed by atoms with Gasteiger partial charge in [-0.25, -0.2) is 0 Å². The lowest BCUT2D eigenvalue weighted by atomic mass is 10.0. The summed E-state index contributed by atoms with van der Waals surface area (Å²) in [6, 6.07) is 5.57. The molecule has 1 atom stereocenters. The maximum absolute atomic E-state index is 6.10. The summed E-state index contributed by atoms with van der Waals surface area (Å²) in [5, 5.41) is 4.88. The second-order valence-corrected chi connectivity index (χ2v) is 5.23. The number of rotatable bonds is 3. The van der Waals surface area contributed by atoms with Crippen LogP contribution < -0.4 is 5.32 Å². The molecule has 1 fully saturated rings. The first-order valence-electron chi connectivity index (χ1n) is 5.36. The van der Waals surface area contributed by atoms with Crippen LogP contribution in [0, 0.1) is 0 Å². The van der Waals surface area contributed by atoms with Gasteiger partial charge in [0.25, 0.3) is 0 Å². The average Bonchev–Trinajstić information content (AvgIpc) is 2.65. The van der Waals surface area contributed by atoms with Crippen LogP contribution in [0.2, 0.25) is 10.0 Å². The SMILES string of the molecule is CC1(NCc2c(Cl)cccc2Cl)CCOC1. The highest BCUT2D eigenvalue weighted by atomic mass is 35.5. The Bertz CT molecular complexity index is 355. The summed E-state index contributed by atoms with van der Waals surface area (Å²) >= 11 is 12.2. The molecule has 0 aliphatic carbocycles. The van der Waals surface area contributed by atoms with Gasteiger partial charge in [0.05, 0.1) is 6.61 Å². The smallest absolute Gasteiger partial charge is 0.0646 e. The van der Waals surface area contributed by atoms with Crippen LogP contribution in [0.3, 0.4) is 0 Å². The van der Waals surface area contributed by atoms with Gasteiger partial charge in [0.1, 0.15) is 0 Å². The fourth-order valence-electron chi connectivity index (χ4n) is 1.81. The Morgan fingerprint density at radius 2 is 2.06 bits per heavy atom. The van der Waals surface area contributed by atoms with Crippen LogP contribution in [0.25, 0.3) is 0 Å². The Labute approximate surface area is 106 Å². The molecule has 1 heterocycles. The molecule has 1 aromatic carbocycles. The lowest BCUT2D eigenvalue weighted by molar-refractivity contribution is 0.171. The summed E-state index contributed by atoms with van der Waals surface area (Å²) in [5.74, 6) is 0. The average molecular weight is 260 g/mol. The van der Waals surface area contributed by atoms with Crippen molar-refractivity contribution < 1.29 is 4.74 Å². The summed E-state index contributed by atoms with van der Waals surface area (Å²) in [4.78, 5) is 0. The second kappa shape index (κ2) is 4.92. The number of hydrogen-bond donors (Lipinski definition) is 1. The molecular weight excluding hydrogens is 245 g/mol. The summed E-state index contributed by atoms with van der Waals surface area (Å²) in [5.41, 5.74) is 1.00. The van der Waals surface area contributed by atoms with Gasteiger partial charge in [-0.2, -0.15) is 0 Å². The third-order valence-electron chi connectivity index (χ3n) is 2.97. The van der Waals surface area contributed by atoms with Crippen LogP contribution in [-0.4, -0.2) is 18.8 Å². The van der Waals surface area contributed by atoms with Crippen molar-refractivity contribution in [3.05, 3.63) is 33.8 Å². The lowest BCUT2D eigenvalue weighted by Gasteiger charge is -2.24. The zero-order valence-corrected chi connectivity index (χ0v) is 10.7. The standard InChI is InChI=1S/C12H15Cl2NO/c1-12(5-6-16-8-12)15-7-9-10(13)3-2-4-11(9)14/h2-4,15H,5-8H2,1H3. The highest BCUT2D eigenvalue weighted by Gasteiger charge is 2.29. The molecule has 88 valence electrons. The quantitative estimate of drug-likeness (QED) is 0.900. The first-order valence-corrected chi connectivity index (χ1v) is 6.12. The van der Waals surface area contributed by atoms with Gasteiger partial charge in [-0.3, -0.25) is 0 Å². The van der Waals surface area contributed by atoms with Gasteiger partial charge < -0.3 is 10.1 Å². The number of halogens is 2. The molecule has 1 saturated heterocycles. The predicted octanol–water partition coefficient (Wildman–Crippen LogP) is 3.26. The molecule has 1 aromatic rings. The Hall–Kier alpha value is -0.280. The maximum atomic E-state index is 6.10. The van der Waals surface area contributed by atoms with E-state index < -0.39 is 0 Å². The topological polar surface area (TPSA) is 21.3 Å². The molecule has 1 N–H and O–H groups in total. The molecule has 4 heteroatoms. The van der Waals surface area contributed by atoms with Crippen molar-refractivity contribution in [3.8, 4) is 0 Å². The molecular formula is C12H15Cl2NO. The largest absolute Gasteiger partial charge is 0.379 e.